The van der Waals surface area contributed by atoms with Gasteiger partial charge < -0.3 is 14.6 Å². The molecule has 0 amide bonds. The van der Waals surface area contributed by atoms with Crippen LogP contribution in [0, 0.1) is 0 Å². The average molecular weight is 290 g/mol. The molecule has 1 N–H and O–H groups in total. The van der Waals surface area contributed by atoms with Crippen LogP contribution < -0.4 is 4.74 Å². The largest absolute Gasteiger partial charge is 0.491 e. The Balaban J connectivity index is 1.50. The lowest BCUT2D eigenvalue weighted by Gasteiger charge is -2.33. The second kappa shape index (κ2) is 6.06. The highest BCUT2D eigenvalue weighted by Crippen LogP contribution is 2.41. The molecule has 1 saturated heterocycles. The van der Waals surface area contributed by atoms with E-state index in [0.717, 1.165) is 12.8 Å². The van der Waals surface area contributed by atoms with E-state index in [9.17, 15) is 4.79 Å². The van der Waals surface area contributed by atoms with E-state index in [2.05, 4.69) is 0 Å². The molecule has 21 heavy (non-hydrogen) atoms. The topological polar surface area (TPSA) is 55.8 Å². The Labute approximate surface area is 125 Å². The van der Waals surface area contributed by atoms with Crippen LogP contribution in [0.5, 0.6) is 5.75 Å². The van der Waals surface area contributed by atoms with Crippen LogP contribution >= 0.6 is 0 Å². The van der Waals surface area contributed by atoms with Gasteiger partial charge in [0.05, 0.1) is 17.3 Å². The Kier molecular flexibility index (Phi) is 4.15. The van der Waals surface area contributed by atoms with E-state index in [4.69, 9.17) is 14.6 Å². The summed E-state index contributed by atoms with van der Waals surface area (Å²) < 4.78 is 12.0. The number of hydrogen-bond donors (Lipinski definition) is 1. The molecule has 0 bridgehead atoms. The second-order valence-electron chi connectivity index (χ2n) is 6.16. The smallest absolute Gasteiger partial charge is 0.335 e. The number of rotatable bonds is 4. The molecule has 3 rings (SSSR count). The van der Waals surface area contributed by atoms with Crippen LogP contribution in [-0.4, -0.2) is 29.4 Å². The van der Waals surface area contributed by atoms with Crippen molar-refractivity contribution in [1.82, 2.24) is 0 Å². The van der Waals surface area contributed by atoms with Gasteiger partial charge in [-0.15, -0.1) is 0 Å². The average Bonchev–Trinajstić information content (AvgIpc) is 2.89. The molecule has 1 spiro atoms. The van der Waals surface area contributed by atoms with Crippen molar-refractivity contribution in [2.24, 2.45) is 0 Å². The lowest BCUT2D eigenvalue weighted by molar-refractivity contribution is -0.0748. The molecule has 1 saturated carbocycles. The fourth-order valence-electron chi connectivity index (χ4n) is 3.46. The summed E-state index contributed by atoms with van der Waals surface area (Å²) in [6, 6.07) is 6.54. The fourth-order valence-corrected chi connectivity index (χ4v) is 3.46. The second-order valence-corrected chi connectivity index (χ2v) is 6.16. The van der Waals surface area contributed by atoms with Crippen molar-refractivity contribution in [1.29, 1.82) is 0 Å². The lowest BCUT2D eigenvalue weighted by atomic mass is 9.83. The monoisotopic (exact) mass is 290 g/mol. The first kappa shape index (κ1) is 14.4. The third-order valence-corrected chi connectivity index (χ3v) is 4.64. The predicted molar refractivity (Wildman–Crippen MR) is 78.8 cm³/mol. The molecule has 1 aliphatic heterocycles. The van der Waals surface area contributed by atoms with Crippen molar-refractivity contribution < 1.29 is 19.4 Å². The minimum atomic E-state index is -0.917. The number of ether oxygens (including phenoxy) is 2. The first-order chi connectivity index (χ1) is 10.2. The molecule has 0 radical (unpaired) electrons. The van der Waals surface area contributed by atoms with Crippen LogP contribution in [-0.2, 0) is 4.74 Å². The maximum atomic E-state index is 10.8. The normalized spacial score (nSPS) is 24.1. The number of carbonyl (C=O) groups is 1. The highest BCUT2D eigenvalue weighted by atomic mass is 16.6. The first-order valence-electron chi connectivity index (χ1n) is 7.81. The molecule has 4 nitrogen and oxygen atoms in total. The highest BCUT2D eigenvalue weighted by molar-refractivity contribution is 5.87. The summed E-state index contributed by atoms with van der Waals surface area (Å²) in [7, 11) is 0. The molecule has 1 aliphatic carbocycles. The maximum Gasteiger partial charge on any atom is 0.335 e. The van der Waals surface area contributed by atoms with Gasteiger partial charge in [-0.25, -0.2) is 4.79 Å². The number of benzene rings is 1. The molecule has 114 valence electrons. The highest BCUT2D eigenvalue weighted by Gasteiger charge is 2.40. The Hall–Kier alpha value is -1.55. The van der Waals surface area contributed by atoms with Crippen LogP contribution in [0.25, 0.3) is 0 Å². The third-order valence-electron chi connectivity index (χ3n) is 4.64. The molecule has 0 aromatic heterocycles. The summed E-state index contributed by atoms with van der Waals surface area (Å²) >= 11 is 0. The molecule has 4 heteroatoms. The van der Waals surface area contributed by atoms with Crippen LogP contribution in [0.1, 0.15) is 55.3 Å². The predicted octanol–water partition coefficient (Wildman–Crippen LogP) is 3.65. The number of hydrogen-bond acceptors (Lipinski definition) is 3. The molecule has 2 aliphatic rings. The molecule has 1 unspecified atom stereocenters. The summed E-state index contributed by atoms with van der Waals surface area (Å²) in [5.41, 5.74) is 0.403. The Morgan fingerprint density at radius 1 is 1.19 bits per heavy atom. The van der Waals surface area contributed by atoms with E-state index in [1.165, 1.54) is 32.1 Å². The van der Waals surface area contributed by atoms with Gasteiger partial charge in [0.1, 0.15) is 12.4 Å². The Morgan fingerprint density at radius 2 is 1.90 bits per heavy atom. The number of aromatic carboxylic acids is 1. The summed E-state index contributed by atoms with van der Waals surface area (Å²) in [6.45, 7) is 0.550. The van der Waals surface area contributed by atoms with Gasteiger partial charge in [0.15, 0.2) is 0 Å². The van der Waals surface area contributed by atoms with Crippen LogP contribution in [0.15, 0.2) is 24.3 Å². The van der Waals surface area contributed by atoms with Gasteiger partial charge in [-0.3, -0.25) is 0 Å². The fraction of sp³-hybridized carbons (Fsp3) is 0.588. The van der Waals surface area contributed by atoms with Crippen LogP contribution in [0.2, 0.25) is 0 Å². The Bertz CT molecular complexity index is 488. The summed E-state index contributed by atoms with van der Waals surface area (Å²) in [6.07, 6.45) is 8.67. The summed E-state index contributed by atoms with van der Waals surface area (Å²) in [4.78, 5) is 10.8. The zero-order valence-electron chi connectivity index (χ0n) is 12.2. The third kappa shape index (κ3) is 3.38. The van der Waals surface area contributed by atoms with Gasteiger partial charge in [-0.1, -0.05) is 19.3 Å². The summed E-state index contributed by atoms with van der Waals surface area (Å²) in [5, 5.41) is 8.86. The standard InChI is InChI=1S/C17H22O4/c18-16(19)13-4-6-14(7-5-13)20-12-15-8-11-17(21-15)9-2-1-3-10-17/h4-7,15H,1-3,8-12H2,(H,18,19). The maximum absolute atomic E-state index is 10.8. The van der Waals surface area contributed by atoms with Crippen molar-refractivity contribution in [2.75, 3.05) is 6.61 Å². The van der Waals surface area contributed by atoms with E-state index in [-0.39, 0.29) is 17.3 Å². The Morgan fingerprint density at radius 3 is 2.57 bits per heavy atom. The molecule has 1 aromatic rings. The van der Waals surface area contributed by atoms with E-state index < -0.39 is 5.97 Å². The SMILES string of the molecule is O=C(O)c1ccc(OCC2CCC3(CCCCC3)O2)cc1. The van der Waals surface area contributed by atoms with Crippen molar-refractivity contribution in [2.45, 2.75) is 56.7 Å². The van der Waals surface area contributed by atoms with Gasteiger partial charge in [0, 0.05) is 0 Å². The van der Waals surface area contributed by atoms with E-state index in [1.54, 1.807) is 24.3 Å². The van der Waals surface area contributed by atoms with E-state index >= 15 is 0 Å². The molecular formula is C17H22O4. The van der Waals surface area contributed by atoms with Gasteiger partial charge in [-0.05, 0) is 49.9 Å². The zero-order chi connectivity index (χ0) is 14.7. The lowest BCUT2D eigenvalue weighted by Crippen LogP contribution is -2.32. The minimum absolute atomic E-state index is 0.124. The van der Waals surface area contributed by atoms with Gasteiger partial charge in [-0.2, -0.15) is 0 Å². The zero-order valence-corrected chi connectivity index (χ0v) is 12.2. The molecular weight excluding hydrogens is 268 g/mol. The first-order valence-corrected chi connectivity index (χ1v) is 7.81. The molecule has 1 aromatic carbocycles. The van der Waals surface area contributed by atoms with Crippen LogP contribution in [0.4, 0.5) is 0 Å². The van der Waals surface area contributed by atoms with Gasteiger partial charge in [0.2, 0.25) is 0 Å². The molecule has 1 atom stereocenters. The quantitative estimate of drug-likeness (QED) is 0.919. The van der Waals surface area contributed by atoms with Crippen molar-refractivity contribution in [3.05, 3.63) is 29.8 Å². The van der Waals surface area contributed by atoms with Crippen LogP contribution in [0.3, 0.4) is 0 Å². The van der Waals surface area contributed by atoms with Gasteiger partial charge >= 0.3 is 5.97 Å². The molecule has 1 heterocycles. The minimum Gasteiger partial charge on any atom is -0.491 e. The number of carboxylic acids is 1. The van der Waals surface area contributed by atoms with E-state index in [0.29, 0.717) is 12.4 Å². The van der Waals surface area contributed by atoms with E-state index in [1.807, 2.05) is 0 Å². The summed E-state index contributed by atoms with van der Waals surface area (Å²) in [5.74, 6) is -0.215. The van der Waals surface area contributed by atoms with Crippen molar-refractivity contribution in [3.63, 3.8) is 0 Å². The van der Waals surface area contributed by atoms with Gasteiger partial charge in [0.25, 0.3) is 0 Å². The van der Waals surface area contributed by atoms with Crippen molar-refractivity contribution >= 4 is 5.97 Å². The number of carboxylic acid groups (broad SMARTS) is 1. The van der Waals surface area contributed by atoms with Crippen molar-refractivity contribution in [3.8, 4) is 5.75 Å². The molecule has 2 fully saturated rings.